The van der Waals surface area contributed by atoms with Crippen LogP contribution in [0.3, 0.4) is 0 Å². The molecule has 19 heavy (non-hydrogen) atoms. The van der Waals surface area contributed by atoms with Gasteiger partial charge in [-0.15, -0.1) is 11.3 Å². The molecule has 0 saturated carbocycles. The average molecular weight is 281 g/mol. The van der Waals surface area contributed by atoms with Gasteiger partial charge >= 0.3 is 0 Å². The van der Waals surface area contributed by atoms with E-state index in [9.17, 15) is 8.78 Å². The third-order valence-electron chi connectivity index (χ3n) is 3.00. The van der Waals surface area contributed by atoms with E-state index in [1.54, 1.807) is 17.4 Å². The van der Waals surface area contributed by atoms with Crippen molar-refractivity contribution in [1.82, 2.24) is 5.32 Å². The third kappa shape index (κ3) is 3.19. The van der Waals surface area contributed by atoms with Crippen LogP contribution in [0.4, 0.5) is 8.78 Å². The second kappa shape index (κ2) is 6.26. The van der Waals surface area contributed by atoms with E-state index in [1.165, 1.54) is 17.0 Å². The molecule has 0 fully saturated rings. The molecule has 2 rings (SSSR count). The maximum atomic E-state index is 13.4. The highest BCUT2D eigenvalue weighted by molar-refractivity contribution is 7.12. The molecule has 0 radical (unpaired) electrons. The first-order chi connectivity index (χ1) is 9.15. The lowest BCUT2D eigenvalue weighted by Gasteiger charge is -2.17. The van der Waals surface area contributed by atoms with Crippen molar-refractivity contribution in [2.75, 3.05) is 6.54 Å². The first-order valence-corrected chi connectivity index (χ1v) is 7.24. The number of halogens is 2. The second-order valence-corrected chi connectivity index (χ2v) is 5.52. The Hall–Kier alpha value is -1.26. The molecule has 2 aromatic rings. The van der Waals surface area contributed by atoms with Crippen LogP contribution in [-0.2, 0) is 6.42 Å². The van der Waals surface area contributed by atoms with Crippen LogP contribution in [0.2, 0.25) is 0 Å². The van der Waals surface area contributed by atoms with Crippen molar-refractivity contribution in [3.63, 3.8) is 0 Å². The van der Waals surface area contributed by atoms with Crippen LogP contribution in [0.5, 0.6) is 0 Å². The molecule has 0 bridgehead atoms. The minimum Gasteiger partial charge on any atom is -0.306 e. The van der Waals surface area contributed by atoms with Crippen molar-refractivity contribution in [2.45, 2.75) is 26.3 Å². The molecule has 0 aliphatic heterocycles. The van der Waals surface area contributed by atoms with Crippen molar-refractivity contribution in [3.05, 3.63) is 57.3 Å². The van der Waals surface area contributed by atoms with Crippen LogP contribution in [0.1, 0.15) is 35.2 Å². The summed E-state index contributed by atoms with van der Waals surface area (Å²) >= 11 is 1.71. The molecule has 0 aliphatic carbocycles. The van der Waals surface area contributed by atoms with Gasteiger partial charge in [-0.3, -0.25) is 0 Å². The molecule has 0 saturated heterocycles. The van der Waals surface area contributed by atoms with Crippen molar-refractivity contribution >= 4 is 11.3 Å². The molecule has 4 heteroatoms. The summed E-state index contributed by atoms with van der Waals surface area (Å²) in [6.45, 7) is 4.87. The van der Waals surface area contributed by atoms with Crippen LogP contribution < -0.4 is 5.32 Å². The van der Waals surface area contributed by atoms with E-state index in [2.05, 4.69) is 24.4 Å². The van der Waals surface area contributed by atoms with Gasteiger partial charge in [0.1, 0.15) is 0 Å². The molecule has 0 aliphatic rings. The van der Waals surface area contributed by atoms with Crippen LogP contribution >= 0.6 is 11.3 Å². The average Bonchev–Trinajstić information content (AvgIpc) is 2.88. The summed E-state index contributed by atoms with van der Waals surface area (Å²) < 4.78 is 26.4. The van der Waals surface area contributed by atoms with Gasteiger partial charge in [-0.25, -0.2) is 8.78 Å². The molecule has 0 amide bonds. The molecule has 1 atom stereocenters. The van der Waals surface area contributed by atoms with E-state index >= 15 is 0 Å². The zero-order valence-electron chi connectivity index (χ0n) is 11.0. The van der Waals surface area contributed by atoms with Gasteiger partial charge in [0.25, 0.3) is 0 Å². The maximum Gasteiger partial charge on any atom is 0.159 e. The number of benzene rings is 1. The Labute approximate surface area is 116 Å². The van der Waals surface area contributed by atoms with E-state index in [4.69, 9.17) is 0 Å². The minimum absolute atomic E-state index is 0.0783. The number of thiophene rings is 1. The highest BCUT2D eigenvalue weighted by Gasteiger charge is 2.16. The Morgan fingerprint density at radius 2 is 1.89 bits per heavy atom. The quantitative estimate of drug-likeness (QED) is 0.862. The summed E-state index contributed by atoms with van der Waals surface area (Å²) in [6, 6.07) is 8.15. The Morgan fingerprint density at radius 1 is 1.11 bits per heavy atom. The summed E-state index contributed by atoms with van der Waals surface area (Å²) in [4.78, 5) is 2.42. The number of rotatable bonds is 5. The Balaban J connectivity index is 2.35. The number of hydrogen-bond donors (Lipinski definition) is 1. The van der Waals surface area contributed by atoms with E-state index in [0.717, 1.165) is 23.4 Å². The minimum atomic E-state index is -0.806. The second-order valence-electron chi connectivity index (χ2n) is 4.32. The van der Waals surface area contributed by atoms with Gasteiger partial charge in [-0.2, -0.15) is 0 Å². The van der Waals surface area contributed by atoms with E-state index < -0.39 is 11.6 Å². The summed E-state index contributed by atoms with van der Waals surface area (Å²) in [5.74, 6) is -1.60. The van der Waals surface area contributed by atoms with Crippen molar-refractivity contribution in [3.8, 4) is 0 Å². The molecule has 102 valence electrons. The zero-order chi connectivity index (χ0) is 13.8. The predicted octanol–water partition coefficient (Wildman–Crippen LogP) is 4.29. The lowest BCUT2D eigenvalue weighted by Crippen LogP contribution is -2.21. The molecule has 1 unspecified atom stereocenters. The zero-order valence-corrected chi connectivity index (χ0v) is 11.9. The molecular weight excluding hydrogens is 264 g/mol. The van der Waals surface area contributed by atoms with Crippen molar-refractivity contribution < 1.29 is 8.78 Å². The lowest BCUT2D eigenvalue weighted by molar-refractivity contribution is 0.504. The molecule has 1 aromatic carbocycles. The lowest BCUT2D eigenvalue weighted by atomic mass is 10.0. The van der Waals surface area contributed by atoms with Gasteiger partial charge < -0.3 is 5.32 Å². The normalized spacial score (nSPS) is 12.6. The molecule has 1 N–H and O–H groups in total. The number of nitrogens with one attached hydrogen (secondary N) is 1. The first kappa shape index (κ1) is 14.2. The molecule has 0 spiro atoms. The van der Waals surface area contributed by atoms with Gasteiger partial charge in [0.2, 0.25) is 0 Å². The fourth-order valence-corrected chi connectivity index (χ4v) is 3.07. The van der Waals surface area contributed by atoms with Crippen molar-refractivity contribution in [2.24, 2.45) is 0 Å². The van der Waals surface area contributed by atoms with Gasteiger partial charge in [-0.05, 0) is 42.8 Å². The Morgan fingerprint density at radius 3 is 2.47 bits per heavy atom. The third-order valence-corrected chi connectivity index (χ3v) is 4.30. The number of hydrogen-bond acceptors (Lipinski definition) is 2. The van der Waals surface area contributed by atoms with E-state index in [-0.39, 0.29) is 6.04 Å². The highest BCUT2D eigenvalue weighted by Crippen LogP contribution is 2.29. The predicted molar refractivity (Wildman–Crippen MR) is 75.6 cm³/mol. The maximum absolute atomic E-state index is 13.4. The monoisotopic (exact) mass is 281 g/mol. The van der Waals surface area contributed by atoms with Crippen molar-refractivity contribution in [1.29, 1.82) is 0 Å². The molecule has 1 aromatic heterocycles. The fraction of sp³-hybridized carbons (Fsp3) is 0.333. The standard InChI is InChI=1S/C15H17F2NS/c1-3-11-6-8-14(19-11)15(18-4-2)10-5-7-12(16)13(17)9-10/h5-9,15,18H,3-4H2,1-2H3. The fourth-order valence-electron chi connectivity index (χ4n) is 2.02. The molecular formula is C15H17F2NS. The highest BCUT2D eigenvalue weighted by atomic mass is 32.1. The van der Waals surface area contributed by atoms with E-state index in [1.807, 2.05) is 6.92 Å². The van der Waals surface area contributed by atoms with Crippen LogP contribution in [0.15, 0.2) is 30.3 Å². The van der Waals surface area contributed by atoms with E-state index in [0.29, 0.717) is 0 Å². The van der Waals surface area contributed by atoms with Crippen LogP contribution in [-0.4, -0.2) is 6.54 Å². The summed E-state index contributed by atoms with van der Waals surface area (Å²) in [5.41, 5.74) is 0.755. The van der Waals surface area contributed by atoms with Gasteiger partial charge in [0, 0.05) is 9.75 Å². The van der Waals surface area contributed by atoms with Crippen LogP contribution in [0, 0.1) is 11.6 Å². The largest absolute Gasteiger partial charge is 0.306 e. The van der Waals surface area contributed by atoms with Crippen LogP contribution in [0.25, 0.3) is 0 Å². The van der Waals surface area contributed by atoms with Gasteiger partial charge in [-0.1, -0.05) is 19.9 Å². The smallest absolute Gasteiger partial charge is 0.159 e. The topological polar surface area (TPSA) is 12.0 Å². The van der Waals surface area contributed by atoms with Gasteiger partial charge in [0.15, 0.2) is 11.6 Å². The Kier molecular flexibility index (Phi) is 4.66. The van der Waals surface area contributed by atoms with Gasteiger partial charge in [0.05, 0.1) is 6.04 Å². The summed E-state index contributed by atoms with van der Waals surface area (Å²) in [5, 5.41) is 3.32. The number of aryl methyl sites for hydroxylation is 1. The molecule has 1 nitrogen and oxygen atoms in total. The SMILES string of the molecule is CCNC(c1ccc(F)c(F)c1)c1ccc(CC)s1. The summed E-state index contributed by atoms with van der Waals surface area (Å²) in [7, 11) is 0. The summed E-state index contributed by atoms with van der Waals surface area (Å²) in [6.07, 6.45) is 0.987. The Bertz CT molecular complexity index is 551. The first-order valence-electron chi connectivity index (χ1n) is 6.42. The molecule has 1 heterocycles.